The molecule has 0 bridgehead atoms. The second kappa shape index (κ2) is 6.79. The van der Waals surface area contributed by atoms with Gasteiger partial charge in [-0.05, 0) is 49.2 Å². The van der Waals surface area contributed by atoms with Gasteiger partial charge >= 0.3 is 0 Å². The monoisotopic (exact) mass is 366 g/mol. The van der Waals surface area contributed by atoms with Gasteiger partial charge < -0.3 is 4.90 Å². The number of benzene rings is 2. The predicted octanol–water partition coefficient (Wildman–Crippen LogP) is 3.00. The van der Waals surface area contributed by atoms with E-state index in [-0.39, 0.29) is 11.6 Å². The molecule has 1 heterocycles. The topological polar surface area (TPSA) is 66.5 Å². The van der Waals surface area contributed by atoms with Gasteiger partial charge in [0.05, 0.1) is 0 Å². The Bertz CT molecular complexity index is 893. The van der Waals surface area contributed by atoms with Crippen molar-refractivity contribution in [1.29, 1.82) is 0 Å². The standard InChI is InChI=1S/C17H16F2N2O3S/c18-13-5-8-16(15(19)11-13)25(23,24)20-14-6-3-12(4-7-14)17(22)21-9-1-2-10-21/h3-8,11,20H,1-2,9-10H2. The molecule has 2 aromatic rings. The Kier molecular flexibility index (Phi) is 4.71. The lowest BCUT2D eigenvalue weighted by Crippen LogP contribution is -2.27. The lowest BCUT2D eigenvalue weighted by molar-refractivity contribution is 0.0793. The van der Waals surface area contributed by atoms with Crippen molar-refractivity contribution in [3.05, 3.63) is 59.7 Å². The van der Waals surface area contributed by atoms with Gasteiger partial charge in [-0.25, -0.2) is 17.2 Å². The molecule has 0 aromatic heterocycles. The van der Waals surface area contributed by atoms with Crippen LogP contribution in [-0.2, 0) is 10.0 Å². The Morgan fingerprint density at radius 1 is 1.00 bits per heavy atom. The zero-order chi connectivity index (χ0) is 18.0. The molecule has 1 fully saturated rings. The lowest BCUT2D eigenvalue weighted by atomic mass is 10.2. The number of hydrogen-bond acceptors (Lipinski definition) is 3. The van der Waals surface area contributed by atoms with E-state index in [0.717, 1.165) is 38.1 Å². The van der Waals surface area contributed by atoms with E-state index in [1.54, 1.807) is 4.90 Å². The maximum absolute atomic E-state index is 13.7. The fraction of sp³-hybridized carbons (Fsp3) is 0.235. The van der Waals surface area contributed by atoms with E-state index in [1.807, 2.05) is 0 Å². The summed E-state index contributed by atoms with van der Waals surface area (Å²) in [5.41, 5.74) is 0.638. The van der Waals surface area contributed by atoms with Gasteiger partial charge in [-0.1, -0.05) is 0 Å². The Morgan fingerprint density at radius 3 is 2.24 bits per heavy atom. The van der Waals surface area contributed by atoms with Crippen LogP contribution >= 0.6 is 0 Å². The number of hydrogen-bond donors (Lipinski definition) is 1. The molecular weight excluding hydrogens is 350 g/mol. The minimum atomic E-state index is -4.20. The Hall–Kier alpha value is -2.48. The number of halogens is 2. The van der Waals surface area contributed by atoms with E-state index >= 15 is 0 Å². The molecule has 1 aliphatic heterocycles. The number of nitrogens with zero attached hydrogens (tertiary/aromatic N) is 1. The molecule has 0 unspecified atom stereocenters. The molecule has 0 atom stereocenters. The van der Waals surface area contributed by atoms with Crippen LogP contribution in [0.2, 0.25) is 0 Å². The SMILES string of the molecule is O=C(c1ccc(NS(=O)(=O)c2ccc(F)cc2F)cc1)N1CCCC1. The number of carbonyl (C=O) groups is 1. The molecule has 0 aliphatic carbocycles. The van der Waals surface area contributed by atoms with Crippen LogP contribution in [0, 0.1) is 11.6 Å². The summed E-state index contributed by atoms with van der Waals surface area (Å²) in [6, 6.07) is 8.13. The number of anilines is 1. The molecule has 25 heavy (non-hydrogen) atoms. The predicted molar refractivity (Wildman–Crippen MR) is 88.7 cm³/mol. The number of likely N-dealkylation sites (tertiary alicyclic amines) is 1. The molecule has 0 saturated carbocycles. The van der Waals surface area contributed by atoms with Crippen molar-refractivity contribution < 1.29 is 22.0 Å². The first-order valence-corrected chi connectivity index (χ1v) is 9.22. The molecule has 1 amide bonds. The van der Waals surface area contributed by atoms with E-state index < -0.39 is 26.6 Å². The van der Waals surface area contributed by atoms with Crippen molar-refractivity contribution in [3.8, 4) is 0 Å². The smallest absolute Gasteiger partial charge is 0.264 e. The van der Waals surface area contributed by atoms with Crippen molar-refractivity contribution in [2.75, 3.05) is 17.8 Å². The first kappa shape index (κ1) is 17.3. The number of carbonyl (C=O) groups excluding carboxylic acids is 1. The number of sulfonamides is 1. The first-order chi connectivity index (χ1) is 11.9. The third-order valence-electron chi connectivity index (χ3n) is 3.96. The summed E-state index contributed by atoms with van der Waals surface area (Å²) in [5, 5.41) is 0. The number of nitrogens with one attached hydrogen (secondary N) is 1. The highest BCUT2D eigenvalue weighted by atomic mass is 32.2. The van der Waals surface area contributed by atoms with Gasteiger partial charge in [0.2, 0.25) is 0 Å². The van der Waals surface area contributed by atoms with Crippen LogP contribution in [0.4, 0.5) is 14.5 Å². The minimum absolute atomic E-state index is 0.100. The van der Waals surface area contributed by atoms with Crippen LogP contribution in [0.15, 0.2) is 47.4 Å². The van der Waals surface area contributed by atoms with Crippen LogP contribution in [0.5, 0.6) is 0 Å². The molecule has 5 nitrogen and oxygen atoms in total. The van der Waals surface area contributed by atoms with Crippen molar-refractivity contribution in [1.82, 2.24) is 4.90 Å². The van der Waals surface area contributed by atoms with Crippen molar-refractivity contribution in [3.63, 3.8) is 0 Å². The highest BCUT2D eigenvalue weighted by Crippen LogP contribution is 2.21. The summed E-state index contributed by atoms with van der Waals surface area (Å²) in [5.74, 6) is -2.13. The quantitative estimate of drug-likeness (QED) is 0.905. The summed E-state index contributed by atoms with van der Waals surface area (Å²) in [6.45, 7) is 1.44. The molecular formula is C17H16F2N2O3S. The Labute approximate surface area is 144 Å². The van der Waals surface area contributed by atoms with E-state index in [1.165, 1.54) is 24.3 Å². The zero-order valence-electron chi connectivity index (χ0n) is 13.2. The van der Waals surface area contributed by atoms with Crippen molar-refractivity contribution in [2.45, 2.75) is 17.7 Å². The molecule has 1 saturated heterocycles. The average Bonchev–Trinajstić information content (AvgIpc) is 3.08. The van der Waals surface area contributed by atoms with Gasteiger partial charge in [-0.15, -0.1) is 0 Å². The van der Waals surface area contributed by atoms with Gasteiger partial charge in [0.25, 0.3) is 15.9 Å². The largest absolute Gasteiger partial charge is 0.339 e. The summed E-state index contributed by atoms with van der Waals surface area (Å²) in [6.07, 6.45) is 1.96. The third-order valence-corrected chi connectivity index (χ3v) is 5.38. The maximum Gasteiger partial charge on any atom is 0.264 e. The van der Waals surface area contributed by atoms with E-state index in [9.17, 15) is 22.0 Å². The van der Waals surface area contributed by atoms with Gasteiger partial charge in [0.1, 0.15) is 16.5 Å². The van der Waals surface area contributed by atoms with Gasteiger partial charge in [0.15, 0.2) is 0 Å². The van der Waals surface area contributed by atoms with Crippen LogP contribution in [-0.4, -0.2) is 32.3 Å². The van der Waals surface area contributed by atoms with Crippen molar-refractivity contribution >= 4 is 21.6 Å². The third kappa shape index (κ3) is 3.79. The average molecular weight is 366 g/mol. The fourth-order valence-electron chi connectivity index (χ4n) is 2.69. The van der Waals surface area contributed by atoms with E-state index in [0.29, 0.717) is 11.6 Å². The number of rotatable bonds is 4. The van der Waals surface area contributed by atoms with Crippen LogP contribution in [0.1, 0.15) is 23.2 Å². The zero-order valence-corrected chi connectivity index (χ0v) is 14.0. The molecule has 0 radical (unpaired) electrons. The van der Waals surface area contributed by atoms with E-state index in [2.05, 4.69) is 4.72 Å². The molecule has 132 valence electrons. The second-order valence-electron chi connectivity index (χ2n) is 5.76. The Morgan fingerprint density at radius 2 is 1.64 bits per heavy atom. The van der Waals surface area contributed by atoms with Crippen molar-refractivity contribution in [2.24, 2.45) is 0 Å². The van der Waals surface area contributed by atoms with E-state index in [4.69, 9.17) is 0 Å². The number of amides is 1. The summed E-state index contributed by atoms with van der Waals surface area (Å²) >= 11 is 0. The summed E-state index contributed by atoms with van der Waals surface area (Å²) in [7, 11) is -4.20. The summed E-state index contributed by atoms with van der Waals surface area (Å²) in [4.78, 5) is 13.3. The molecule has 1 N–H and O–H groups in total. The summed E-state index contributed by atoms with van der Waals surface area (Å²) < 4.78 is 53.2. The fourth-order valence-corrected chi connectivity index (χ4v) is 3.81. The molecule has 2 aromatic carbocycles. The molecule has 0 spiro atoms. The molecule has 1 aliphatic rings. The minimum Gasteiger partial charge on any atom is -0.339 e. The van der Waals surface area contributed by atoms with Gasteiger partial charge in [0, 0.05) is 30.4 Å². The van der Waals surface area contributed by atoms with Crippen LogP contribution in [0.3, 0.4) is 0 Å². The lowest BCUT2D eigenvalue weighted by Gasteiger charge is -2.15. The Balaban J connectivity index is 1.77. The normalized spacial score (nSPS) is 14.6. The first-order valence-electron chi connectivity index (χ1n) is 7.74. The highest BCUT2D eigenvalue weighted by Gasteiger charge is 2.21. The highest BCUT2D eigenvalue weighted by molar-refractivity contribution is 7.92. The van der Waals surface area contributed by atoms with Gasteiger partial charge in [-0.3, -0.25) is 9.52 Å². The van der Waals surface area contributed by atoms with Gasteiger partial charge in [-0.2, -0.15) is 0 Å². The van der Waals surface area contributed by atoms with Crippen LogP contribution < -0.4 is 4.72 Å². The maximum atomic E-state index is 13.7. The molecule has 3 rings (SSSR count). The molecule has 8 heteroatoms. The van der Waals surface area contributed by atoms with Crippen LogP contribution in [0.25, 0.3) is 0 Å². The second-order valence-corrected chi connectivity index (χ2v) is 7.41.